The van der Waals surface area contributed by atoms with E-state index in [-0.39, 0.29) is 62.9 Å². The molecule has 0 bridgehead atoms. The minimum absolute atomic E-state index is 0.0241. The summed E-state index contributed by atoms with van der Waals surface area (Å²) in [5, 5.41) is 22.0. The summed E-state index contributed by atoms with van der Waals surface area (Å²) in [6.45, 7) is 11.9. The van der Waals surface area contributed by atoms with Crippen LogP contribution in [0.25, 0.3) is 27.7 Å². The number of pyridine rings is 1. The van der Waals surface area contributed by atoms with E-state index < -0.39 is 11.5 Å². The van der Waals surface area contributed by atoms with E-state index in [0.717, 1.165) is 0 Å². The topological polar surface area (TPSA) is 112 Å². The van der Waals surface area contributed by atoms with Gasteiger partial charge in [-0.15, -0.1) is 11.8 Å². The predicted octanol–water partition coefficient (Wildman–Crippen LogP) is 5.78. The average molecular weight is 636 g/mol. The van der Waals surface area contributed by atoms with Crippen LogP contribution in [0.2, 0.25) is 5.02 Å². The van der Waals surface area contributed by atoms with Gasteiger partial charge in [0.05, 0.1) is 38.9 Å². The van der Waals surface area contributed by atoms with Crippen LogP contribution in [-0.2, 0) is 4.79 Å². The van der Waals surface area contributed by atoms with Crippen molar-refractivity contribution in [2.24, 2.45) is 0 Å². The highest BCUT2D eigenvalue weighted by atomic mass is 35.5. The van der Waals surface area contributed by atoms with Crippen LogP contribution in [-0.4, -0.2) is 66.5 Å². The van der Waals surface area contributed by atoms with Gasteiger partial charge in [0.25, 0.3) is 0 Å². The maximum absolute atomic E-state index is 17.3. The van der Waals surface area contributed by atoms with Gasteiger partial charge in [-0.2, -0.15) is 4.98 Å². The average Bonchev–Trinajstić information content (AvgIpc) is 3.13. The Bertz CT molecular complexity index is 1910. The molecule has 6 rings (SSSR count). The van der Waals surface area contributed by atoms with Crippen LogP contribution >= 0.6 is 23.4 Å². The highest BCUT2D eigenvalue weighted by Gasteiger charge is 2.40. The molecule has 2 aliphatic rings. The number of anilines is 1. The molecule has 9 nitrogen and oxygen atoms in total. The molecular formula is C32H31ClFN5O4S. The Morgan fingerprint density at radius 3 is 2.57 bits per heavy atom. The van der Waals surface area contributed by atoms with Crippen LogP contribution in [0.3, 0.4) is 0 Å². The number of aromatic nitrogens is 3. The summed E-state index contributed by atoms with van der Waals surface area (Å²) in [6, 6.07) is 5.34. The molecule has 0 radical (unpaired) electrons. The molecular weight excluding hydrogens is 605 g/mol. The number of nitrogens with zero attached hydrogens (tertiary/aromatic N) is 5. The van der Waals surface area contributed by atoms with Gasteiger partial charge in [0.15, 0.2) is 5.82 Å². The fraction of sp³-hybridized carbons (Fsp3) is 0.312. The van der Waals surface area contributed by atoms with Gasteiger partial charge in [-0.3, -0.25) is 14.3 Å². The third-order valence-corrected chi connectivity index (χ3v) is 10.1. The summed E-state index contributed by atoms with van der Waals surface area (Å²) in [5.74, 6) is -1.25. The third kappa shape index (κ3) is 4.52. The van der Waals surface area contributed by atoms with E-state index in [0.29, 0.717) is 46.1 Å². The Hall–Kier alpha value is -4.09. The van der Waals surface area contributed by atoms with E-state index in [2.05, 4.69) is 16.5 Å². The number of fused-ring (bicyclic) bond motifs is 2. The highest BCUT2D eigenvalue weighted by Crippen LogP contribution is 2.52. The van der Waals surface area contributed by atoms with E-state index in [9.17, 15) is 19.8 Å². The Balaban J connectivity index is 1.77. The van der Waals surface area contributed by atoms with Gasteiger partial charge >= 0.3 is 5.69 Å². The van der Waals surface area contributed by atoms with Crippen molar-refractivity contribution in [3.8, 4) is 28.3 Å². The molecule has 44 heavy (non-hydrogen) atoms. The molecule has 2 aromatic carbocycles. The third-order valence-electron chi connectivity index (χ3n) is 8.34. The number of amides is 1. The van der Waals surface area contributed by atoms with Gasteiger partial charge in [0.1, 0.15) is 17.3 Å². The zero-order valence-electron chi connectivity index (χ0n) is 24.6. The number of rotatable bonds is 4. The van der Waals surface area contributed by atoms with Crippen molar-refractivity contribution in [2.45, 2.75) is 50.6 Å². The number of aryl methyl sites for hydroxylation is 1. The second-order valence-corrected chi connectivity index (χ2v) is 12.9. The summed E-state index contributed by atoms with van der Waals surface area (Å²) in [4.78, 5) is 40.1. The standard InChI is InChI=1S/C32H31ClFN5O4S/c1-6-21(42)37-13-18-14-44-30-24-29(26(34)23(25(30)33)22-19(40)8-7-9-20(22)41)39(28-16(4)10-11-35-27(28)15(2)3)32(43)36-31(24)38(18)12-17(37)5/h6-11,15,17-18,40-41H,1,12-14H2,2-5H3. The van der Waals surface area contributed by atoms with E-state index in [1.54, 1.807) is 17.2 Å². The Morgan fingerprint density at radius 1 is 1.20 bits per heavy atom. The van der Waals surface area contributed by atoms with Gasteiger partial charge < -0.3 is 20.0 Å². The molecule has 2 aromatic heterocycles. The van der Waals surface area contributed by atoms with Crippen molar-refractivity contribution in [3.63, 3.8) is 0 Å². The monoisotopic (exact) mass is 635 g/mol. The van der Waals surface area contributed by atoms with Crippen LogP contribution in [0.4, 0.5) is 10.2 Å². The summed E-state index contributed by atoms with van der Waals surface area (Å²) in [5.41, 5.74) is 0.468. The first-order chi connectivity index (χ1) is 21.0. The molecule has 1 fully saturated rings. The van der Waals surface area contributed by atoms with Crippen LogP contribution in [0.15, 0.2) is 52.8 Å². The second-order valence-electron chi connectivity index (χ2n) is 11.5. The highest BCUT2D eigenvalue weighted by molar-refractivity contribution is 7.99. The lowest BCUT2D eigenvalue weighted by Gasteiger charge is -2.45. The number of hydrogen-bond donors (Lipinski definition) is 2. The van der Waals surface area contributed by atoms with E-state index in [4.69, 9.17) is 11.6 Å². The molecule has 228 valence electrons. The number of benzene rings is 2. The lowest BCUT2D eigenvalue weighted by molar-refractivity contribution is -0.128. The number of halogens is 2. The molecule has 12 heteroatoms. The van der Waals surface area contributed by atoms with E-state index in [1.165, 1.54) is 40.6 Å². The largest absolute Gasteiger partial charge is 0.507 e. The maximum atomic E-state index is 17.3. The minimum Gasteiger partial charge on any atom is -0.507 e. The molecule has 1 amide bonds. The molecule has 2 N–H and O–H groups in total. The molecule has 2 unspecified atom stereocenters. The fourth-order valence-electron chi connectivity index (χ4n) is 6.25. The van der Waals surface area contributed by atoms with Crippen LogP contribution < -0.4 is 10.6 Å². The molecule has 1 saturated heterocycles. The number of phenolic OH excluding ortho intramolecular Hbond substituents is 2. The smallest absolute Gasteiger partial charge is 0.354 e. The molecule has 4 heterocycles. The fourth-order valence-corrected chi connectivity index (χ4v) is 7.89. The summed E-state index contributed by atoms with van der Waals surface area (Å²) in [6.07, 6.45) is 2.93. The number of piperazine rings is 1. The van der Waals surface area contributed by atoms with Gasteiger partial charge in [-0.05, 0) is 49.6 Å². The Labute approximate surface area is 262 Å². The number of thioether (sulfide) groups is 1. The normalized spacial score (nSPS) is 18.0. The van der Waals surface area contributed by atoms with Crippen molar-refractivity contribution in [2.75, 3.05) is 23.7 Å². The Morgan fingerprint density at radius 2 is 1.91 bits per heavy atom. The summed E-state index contributed by atoms with van der Waals surface area (Å²) in [7, 11) is 0. The molecule has 0 aliphatic carbocycles. The van der Waals surface area contributed by atoms with Gasteiger partial charge in [0, 0.05) is 41.5 Å². The first-order valence-corrected chi connectivity index (χ1v) is 15.6. The van der Waals surface area contributed by atoms with Crippen LogP contribution in [0.5, 0.6) is 11.5 Å². The molecule has 0 saturated carbocycles. The SMILES string of the molecule is C=CC(=O)N1CC2CSc3c(Cl)c(-c4c(O)cccc4O)c(F)c4c3c(nc(=O)n4-c3c(C)ccnc3C(C)C)N2CC1C. The van der Waals surface area contributed by atoms with E-state index >= 15 is 4.39 Å². The molecule has 2 atom stereocenters. The lowest BCUT2D eigenvalue weighted by atomic mass is 9.99. The summed E-state index contributed by atoms with van der Waals surface area (Å²) < 4.78 is 18.6. The zero-order valence-corrected chi connectivity index (χ0v) is 26.2. The molecule has 4 aromatic rings. The van der Waals surface area contributed by atoms with Crippen molar-refractivity contribution >= 4 is 46.0 Å². The summed E-state index contributed by atoms with van der Waals surface area (Å²) >= 11 is 8.37. The number of hydrogen-bond acceptors (Lipinski definition) is 8. The Kier molecular flexibility index (Phi) is 7.57. The second kappa shape index (κ2) is 11.1. The van der Waals surface area contributed by atoms with Gasteiger partial charge in [0.2, 0.25) is 5.91 Å². The van der Waals surface area contributed by atoms with Crippen molar-refractivity contribution in [1.29, 1.82) is 0 Å². The number of aromatic hydroxyl groups is 2. The van der Waals surface area contributed by atoms with Gasteiger partial charge in [-0.25, -0.2) is 9.18 Å². The molecule has 0 spiro atoms. The minimum atomic E-state index is -0.892. The quantitative estimate of drug-likeness (QED) is 0.272. The molecule has 2 aliphatic heterocycles. The van der Waals surface area contributed by atoms with Crippen molar-refractivity contribution < 1.29 is 19.4 Å². The maximum Gasteiger partial charge on any atom is 0.354 e. The van der Waals surface area contributed by atoms with Crippen LogP contribution in [0.1, 0.15) is 37.9 Å². The lowest BCUT2D eigenvalue weighted by Crippen LogP contribution is -2.60. The zero-order chi connectivity index (χ0) is 31.6. The number of carbonyl (C=O) groups is 1. The van der Waals surface area contributed by atoms with Crippen LogP contribution in [0, 0.1) is 12.7 Å². The van der Waals surface area contributed by atoms with Crippen molar-refractivity contribution in [1.82, 2.24) is 19.4 Å². The first-order valence-electron chi connectivity index (χ1n) is 14.2. The predicted molar refractivity (Wildman–Crippen MR) is 171 cm³/mol. The number of phenols is 2. The van der Waals surface area contributed by atoms with Gasteiger partial charge in [-0.1, -0.05) is 38.1 Å². The van der Waals surface area contributed by atoms with Crippen molar-refractivity contribution in [3.05, 3.63) is 75.7 Å². The number of carbonyl (C=O) groups excluding carboxylic acids is 1. The van der Waals surface area contributed by atoms with E-state index in [1.807, 2.05) is 32.6 Å². The first kappa shape index (κ1) is 30.0.